The summed E-state index contributed by atoms with van der Waals surface area (Å²) in [7, 11) is 1.29. The summed E-state index contributed by atoms with van der Waals surface area (Å²) in [5.41, 5.74) is 10.2. The van der Waals surface area contributed by atoms with E-state index in [2.05, 4.69) is 4.74 Å². The van der Waals surface area contributed by atoms with E-state index in [9.17, 15) is 9.59 Å². The number of ether oxygens (including phenoxy) is 1. The second-order valence-corrected chi connectivity index (χ2v) is 2.67. The van der Waals surface area contributed by atoms with Crippen molar-refractivity contribution in [2.24, 2.45) is 17.4 Å². The van der Waals surface area contributed by atoms with E-state index in [-0.39, 0.29) is 12.4 Å². The van der Waals surface area contributed by atoms with E-state index in [0.717, 1.165) is 0 Å². The van der Waals surface area contributed by atoms with Crippen LogP contribution < -0.4 is 11.5 Å². The van der Waals surface area contributed by atoms with Gasteiger partial charge in [0.25, 0.3) is 0 Å². The number of primary amides is 1. The van der Waals surface area contributed by atoms with Gasteiger partial charge in [-0.1, -0.05) is 6.92 Å². The summed E-state index contributed by atoms with van der Waals surface area (Å²) in [5, 5.41) is 0. The topological polar surface area (TPSA) is 95.4 Å². The SMILES string of the molecule is COC(=O)C(C)CC(N)C(N)=O. The number of methoxy groups -OCH3 is 1. The van der Waals surface area contributed by atoms with Crippen molar-refractivity contribution in [2.75, 3.05) is 7.11 Å². The second kappa shape index (κ2) is 4.71. The third kappa shape index (κ3) is 3.34. The number of amides is 1. The Morgan fingerprint density at radius 3 is 2.33 bits per heavy atom. The van der Waals surface area contributed by atoms with Crippen LogP contribution >= 0.6 is 0 Å². The van der Waals surface area contributed by atoms with E-state index >= 15 is 0 Å². The van der Waals surface area contributed by atoms with Gasteiger partial charge >= 0.3 is 5.97 Å². The second-order valence-electron chi connectivity index (χ2n) is 2.67. The molecule has 0 radical (unpaired) electrons. The molecule has 12 heavy (non-hydrogen) atoms. The van der Waals surface area contributed by atoms with Gasteiger partial charge in [-0.15, -0.1) is 0 Å². The van der Waals surface area contributed by atoms with Gasteiger partial charge in [0.15, 0.2) is 0 Å². The quantitative estimate of drug-likeness (QED) is 0.534. The van der Waals surface area contributed by atoms with Gasteiger partial charge in [0.2, 0.25) is 5.91 Å². The molecular weight excluding hydrogens is 160 g/mol. The number of hydrogen-bond donors (Lipinski definition) is 2. The van der Waals surface area contributed by atoms with Gasteiger partial charge < -0.3 is 16.2 Å². The Hall–Kier alpha value is -1.10. The summed E-state index contributed by atoms with van der Waals surface area (Å²) >= 11 is 0. The predicted molar refractivity (Wildman–Crippen MR) is 43.0 cm³/mol. The Bertz CT molecular complexity index is 181. The molecule has 4 N–H and O–H groups in total. The highest BCUT2D eigenvalue weighted by Crippen LogP contribution is 2.05. The van der Waals surface area contributed by atoms with Gasteiger partial charge in [-0.3, -0.25) is 9.59 Å². The maximum Gasteiger partial charge on any atom is 0.308 e. The van der Waals surface area contributed by atoms with Crippen LogP contribution in [0.3, 0.4) is 0 Å². The smallest absolute Gasteiger partial charge is 0.308 e. The molecule has 0 aliphatic heterocycles. The molecular formula is C7H14N2O3. The molecule has 5 heteroatoms. The maximum absolute atomic E-state index is 10.8. The summed E-state index contributed by atoms with van der Waals surface area (Å²) in [6, 6.07) is -0.779. The first kappa shape index (κ1) is 10.9. The van der Waals surface area contributed by atoms with Gasteiger partial charge in [0, 0.05) is 0 Å². The van der Waals surface area contributed by atoms with Crippen molar-refractivity contribution in [1.29, 1.82) is 0 Å². The van der Waals surface area contributed by atoms with E-state index in [1.807, 2.05) is 0 Å². The van der Waals surface area contributed by atoms with Crippen molar-refractivity contribution in [3.8, 4) is 0 Å². The van der Waals surface area contributed by atoms with E-state index < -0.39 is 17.9 Å². The summed E-state index contributed by atoms with van der Waals surface area (Å²) in [6.45, 7) is 1.63. The minimum Gasteiger partial charge on any atom is -0.469 e. The normalized spacial score (nSPS) is 14.9. The average Bonchev–Trinajstić information content (AvgIpc) is 2.02. The summed E-state index contributed by atoms with van der Waals surface area (Å²) < 4.78 is 4.45. The molecule has 0 aromatic carbocycles. The molecule has 0 saturated carbocycles. The Balaban J connectivity index is 3.91. The summed E-state index contributed by atoms with van der Waals surface area (Å²) in [5.74, 6) is -1.38. The lowest BCUT2D eigenvalue weighted by atomic mass is 10.0. The molecule has 0 aliphatic rings. The Morgan fingerprint density at radius 2 is 2.00 bits per heavy atom. The number of hydrogen-bond acceptors (Lipinski definition) is 4. The first-order chi connectivity index (χ1) is 5.49. The average molecular weight is 174 g/mol. The summed E-state index contributed by atoms with van der Waals surface area (Å²) in [6.07, 6.45) is 0.224. The van der Waals surface area contributed by atoms with Crippen LogP contribution in [-0.2, 0) is 14.3 Å². The van der Waals surface area contributed by atoms with Crippen LogP contribution in [-0.4, -0.2) is 25.0 Å². The molecule has 2 unspecified atom stereocenters. The van der Waals surface area contributed by atoms with E-state index in [0.29, 0.717) is 0 Å². The standard InChI is InChI=1S/C7H14N2O3/c1-4(7(11)12-2)3-5(8)6(9)10/h4-5H,3,8H2,1-2H3,(H2,9,10). The van der Waals surface area contributed by atoms with Crippen LogP contribution in [0.25, 0.3) is 0 Å². The molecule has 0 aromatic rings. The molecule has 0 aliphatic carbocycles. The molecule has 70 valence electrons. The highest BCUT2D eigenvalue weighted by molar-refractivity contribution is 5.80. The largest absolute Gasteiger partial charge is 0.469 e. The molecule has 0 rings (SSSR count). The lowest BCUT2D eigenvalue weighted by molar-refractivity contribution is -0.145. The fourth-order valence-electron chi connectivity index (χ4n) is 0.794. The zero-order valence-corrected chi connectivity index (χ0v) is 7.24. The Morgan fingerprint density at radius 1 is 1.50 bits per heavy atom. The molecule has 5 nitrogen and oxygen atoms in total. The monoisotopic (exact) mass is 174 g/mol. The minimum absolute atomic E-state index is 0.224. The fourth-order valence-corrected chi connectivity index (χ4v) is 0.794. The van der Waals surface area contributed by atoms with E-state index in [1.165, 1.54) is 7.11 Å². The predicted octanol–water partition coefficient (Wildman–Crippen LogP) is -1.00. The number of esters is 1. The molecule has 0 spiro atoms. The van der Waals surface area contributed by atoms with Crippen LogP contribution in [0.2, 0.25) is 0 Å². The zero-order chi connectivity index (χ0) is 9.72. The lowest BCUT2D eigenvalue weighted by Gasteiger charge is -2.11. The number of carbonyl (C=O) groups excluding carboxylic acids is 2. The number of rotatable bonds is 4. The van der Waals surface area contributed by atoms with Crippen molar-refractivity contribution in [3.63, 3.8) is 0 Å². The Labute approximate surface area is 71.0 Å². The molecule has 1 amide bonds. The third-order valence-corrected chi connectivity index (χ3v) is 1.58. The van der Waals surface area contributed by atoms with Gasteiger partial charge in [0.05, 0.1) is 19.1 Å². The van der Waals surface area contributed by atoms with Gasteiger partial charge in [-0.2, -0.15) is 0 Å². The lowest BCUT2D eigenvalue weighted by Crippen LogP contribution is -2.38. The zero-order valence-electron chi connectivity index (χ0n) is 7.24. The van der Waals surface area contributed by atoms with Crippen LogP contribution in [0.4, 0.5) is 0 Å². The van der Waals surface area contributed by atoms with Crippen LogP contribution in [0.15, 0.2) is 0 Å². The Kier molecular flexibility index (Phi) is 4.28. The van der Waals surface area contributed by atoms with Crippen molar-refractivity contribution in [2.45, 2.75) is 19.4 Å². The van der Waals surface area contributed by atoms with Crippen LogP contribution in [0.1, 0.15) is 13.3 Å². The van der Waals surface area contributed by atoms with Crippen molar-refractivity contribution in [1.82, 2.24) is 0 Å². The molecule has 0 saturated heterocycles. The van der Waals surface area contributed by atoms with Gasteiger partial charge in [-0.05, 0) is 6.42 Å². The van der Waals surface area contributed by atoms with Crippen molar-refractivity contribution in [3.05, 3.63) is 0 Å². The van der Waals surface area contributed by atoms with Gasteiger partial charge in [0.1, 0.15) is 0 Å². The van der Waals surface area contributed by atoms with Crippen molar-refractivity contribution < 1.29 is 14.3 Å². The molecule has 0 heterocycles. The van der Waals surface area contributed by atoms with Crippen LogP contribution in [0.5, 0.6) is 0 Å². The molecule has 0 fully saturated rings. The maximum atomic E-state index is 10.8. The number of nitrogens with two attached hydrogens (primary N) is 2. The van der Waals surface area contributed by atoms with Crippen LogP contribution in [0, 0.1) is 5.92 Å². The third-order valence-electron chi connectivity index (χ3n) is 1.58. The summed E-state index contributed by atoms with van der Waals surface area (Å²) in [4.78, 5) is 21.3. The first-order valence-corrected chi connectivity index (χ1v) is 3.61. The highest BCUT2D eigenvalue weighted by atomic mass is 16.5. The van der Waals surface area contributed by atoms with Gasteiger partial charge in [-0.25, -0.2) is 0 Å². The van der Waals surface area contributed by atoms with E-state index in [1.54, 1.807) is 6.92 Å². The fraction of sp³-hybridized carbons (Fsp3) is 0.714. The molecule has 0 aromatic heterocycles. The first-order valence-electron chi connectivity index (χ1n) is 3.61. The molecule has 2 atom stereocenters. The minimum atomic E-state index is -0.779. The highest BCUT2D eigenvalue weighted by Gasteiger charge is 2.19. The number of carbonyl (C=O) groups is 2. The van der Waals surface area contributed by atoms with Crippen molar-refractivity contribution >= 4 is 11.9 Å². The van der Waals surface area contributed by atoms with E-state index in [4.69, 9.17) is 11.5 Å². The molecule has 0 bridgehead atoms.